The number of rotatable bonds is 8. The molecule has 29 heavy (non-hydrogen) atoms. The van der Waals surface area contributed by atoms with Gasteiger partial charge in [0, 0.05) is 19.2 Å². The SMILES string of the molecule is COCc1nc(OC)c2c(C)c(C(=O)NCCc3cccc(C(N)=O)c3)sc2n1. The van der Waals surface area contributed by atoms with Gasteiger partial charge in [-0.1, -0.05) is 12.1 Å². The molecule has 0 aliphatic carbocycles. The Morgan fingerprint density at radius 3 is 2.72 bits per heavy atom. The van der Waals surface area contributed by atoms with Gasteiger partial charge in [0.15, 0.2) is 5.82 Å². The van der Waals surface area contributed by atoms with E-state index in [9.17, 15) is 9.59 Å². The van der Waals surface area contributed by atoms with Crippen molar-refractivity contribution in [3.05, 3.63) is 51.7 Å². The Balaban J connectivity index is 1.76. The largest absolute Gasteiger partial charge is 0.480 e. The molecule has 0 aliphatic rings. The van der Waals surface area contributed by atoms with Crippen LogP contribution in [0.2, 0.25) is 0 Å². The van der Waals surface area contributed by atoms with Crippen LogP contribution in [-0.2, 0) is 17.8 Å². The minimum atomic E-state index is -0.473. The van der Waals surface area contributed by atoms with E-state index in [0.29, 0.717) is 39.9 Å². The van der Waals surface area contributed by atoms with Crippen LogP contribution in [0.4, 0.5) is 0 Å². The van der Waals surface area contributed by atoms with Gasteiger partial charge >= 0.3 is 0 Å². The van der Waals surface area contributed by atoms with Gasteiger partial charge in [0.05, 0.1) is 17.4 Å². The van der Waals surface area contributed by atoms with Crippen molar-refractivity contribution in [3.63, 3.8) is 0 Å². The summed E-state index contributed by atoms with van der Waals surface area (Å²) in [5.74, 6) is 0.268. The molecule has 3 aromatic rings. The van der Waals surface area contributed by atoms with Crippen LogP contribution in [0.5, 0.6) is 5.88 Å². The first-order valence-electron chi connectivity index (χ1n) is 8.94. The van der Waals surface area contributed by atoms with Crippen molar-refractivity contribution in [2.24, 2.45) is 5.73 Å². The second-order valence-corrected chi connectivity index (χ2v) is 7.39. The molecule has 0 spiro atoms. The minimum absolute atomic E-state index is 0.188. The van der Waals surface area contributed by atoms with Crippen molar-refractivity contribution in [2.45, 2.75) is 20.0 Å². The van der Waals surface area contributed by atoms with Crippen LogP contribution < -0.4 is 15.8 Å². The summed E-state index contributed by atoms with van der Waals surface area (Å²) in [4.78, 5) is 34.1. The summed E-state index contributed by atoms with van der Waals surface area (Å²) in [7, 11) is 3.10. The smallest absolute Gasteiger partial charge is 0.261 e. The van der Waals surface area contributed by atoms with Gasteiger partial charge in [0.25, 0.3) is 5.91 Å². The van der Waals surface area contributed by atoms with Gasteiger partial charge in [0.1, 0.15) is 11.4 Å². The molecule has 152 valence electrons. The van der Waals surface area contributed by atoms with Gasteiger partial charge in [-0.15, -0.1) is 11.3 Å². The summed E-state index contributed by atoms with van der Waals surface area (Å²) < 4.78 is 10.5. The van der Waals surface area contributed by atoms with E-state index in [0.717, 1.165) is 16.5 Å². The number of benzene rings is 1. The molecule has 3 N–H and O–H groups in total. The highest BCUT2D eigenvalue weighted by atomic mass is 32.1. The lowest BCUT2D eigenvalue weighted by Crippen LogP contribution is -2.25. The van der Waals surface area contributed by atoms with Crippen LogP contribution in [0.3, 0.4) is 0 Å². The molecular formula is C20H22N4O4S. The van der Waals surface area contributed by atoms with Gasteiger partial charge in [-0.3, -0.25) is 9.59 Å². The first-order chi connectivity index (χ1) is 13.9. The molecule has 2 heterocycles. The average molecular weight is 414 g/mol. The van der Waals surface area contributed by atoms with Crippen LogP contribution in [0.1, 0.15) is 37.0 Å². The van der Waals surface area contributed by atoms with E-state index in [1.165, 1.54) is 18.4 Å². The third-order valence-corrected chi connectivity index (χ3v) is 5.57. The van der Waals surface area contributed by atoms with Crippen LogP contribution in [-0.4, -0.2) is 42.5 Å². The number of carbonyl (C=O) groups is 2. The number of nitrogens with one attached hydrogen (secondary N) is 1. The number of nitrogens with zero attached hydrogens (tertiary/aromatic N) is 2. The van der Waals surface area contributed by atoms with Crippen LogP contribution in [0, 0.1) is 6.92 Å². The Hall–Kier alpha value is -3.04. The van der Waals surface area contributed by atoms with Crippen LogP contribution in [0.25, 0.3) is 10.2 Å². The predicted octanol–water partition coefficient (Wildman–Crippen LogP) is 2.23. The molecule has 0 aliphatic heterocycles. The summed E-state index contributed by atoms with van der Waals surface area (Å²) in [5.41, 5.74) is 7.46. The average Bonchev–Trinajstić information content (AvgIpc) is 3.04. The Morgan fingerprint density at radius 2 is 2.03 bits per heavy atom. The zero-order chi connectivity index (χ0) is 21.0. The number of aromatic nitrogens is 2. The number of carbonyl (C=O) groups excluding carboxylic acids is 2. The molecule has 0 saturated heterocycles. The molecule has 9 heteroatoms. The van der Waals surface area contributed by atoms with Gasteiger partial charge in [0.2, 0.25) is 11.8 Å². The summed E-state index contributed by atoms with van der Waals surface area (Å²) in [6.07, 6.45) is 0.581. The number of hydrogen-bond acceptors (Lipinski definition) is 7. The maximum Gasteiger partial charge on any atom is 0.261 e. The maximum absolute atomic E-state index is 12.7. The second kappa shape index (κ2) is 8.97. The Kier molecular flexibility index (Phi) is 6.40. The number of fused-ring (bicyclic) bond motifs is 1. The number of ether oxygens (including phenoxy) is 2. The van der Waals surface area contributed by atoms with Crippen LogP contribution in [0.15, 0.2) is 24.3 Å². The fourth-order valence-corrected chi connectivity index (χ4v) is 4.09. The van der Waals surface area contributed by atoms with E-state index in [2.05, 4.69) is 15.3 Å². The van der Waals surface area contributed by atoms with Crippen molar-refractivity contribution < 1.29 is 19.1 Å². The number of nitrogens with two attached hydrogens (primary N) is 1. The highest BCUT2D eigenvalue weighted by molar-refractivity contribution is 7.20. The lowest BCUT2D eigenvalue weighted by molar-refractivity contribution is 0.0955. The molecule has 2 amide bonds. The monoisotopic (exact) mass is 414 g/mol. The zero-order valence-electron chi connectivity index (χ0n) is 16.4. The number of primary amides is 1. The summed E-state index contributed by atoms with van der Waals surface area (Å²) >= 11 is 1.29. The van der Waals surface area contributed by atoms with Crippen molar-refractivity contribution in [1.82, 2.24) is 15.3 Å². The zero-order valence-corrected chi connectivity index (χ0v) is 17.3. The number of methoxy groups -OCH3 is 2. The van der Waals surface area contributed by atoms with Crippen LogP contribution >= 0.6 is 11.3 Å². The first kappa shape index (κ1) is 20.7. The van der Waals surface area contributed by atoms with Gasteiger partial charge in [-0.25, -0.2) is 4.98 Å². The van der Waals surface area contributed by atoms with Gasteiger partial charge in [-0.05, 0) is 36.6 Å². The molecule has 1 aromatic carbocycles. The topological polar surface area (TPSA) is 116 Å². The molecule has 0 unspecified atom stereocenters. The molecule has 0 saturated carbocycles. The summed E-state index contributed by atoms with van der Waals surface area (Å²) in [5, 5.41) is 3.65. The fourth-order valence-electron chi connectivity index (χ4n) is 2.98. The normalized spacial score (nSPS) is 10.9. The number of aryl methyl sites for hydroxylation is 1. The minimum Gasteiger partial charge on any atom is -0.480 e. The summed E-state index contributed by atoms with van der Waals surface area (Å²) in [6, 6.07) is 7.06. The fraction of sp³-hybridized carbons (Fsp3) is 0.300. The number of amides is 2. The molecule has 0 radical (unpaired) electrons. The Morgan fingerprint density at radius 1 is 1.24 bits per heavy atom. The van der Waals surface area contributed by atoms with Crippen molar-refractivity contribution in [3.8, 4) is 5.88 Å². The van der Waals surface area contributed by atoms with E-state index in [1.54, 1.807) is 25.3 Å². The van der Waals surface area contributed by atoms with E-state index < -0.39 is 5.91 Å². The summed E-state index contributed by atoms with van der Waals surface area (Å²) in [6.45, 7) is 2.54. The third-order valence-electron chi connectivity index (χ3n) is 4.39. The van der Waals surface area contributed by atoms with E-state index in [1.807, 2.05) is 13.0 Å². The second-order valence-electron chi connectivity index (χ2n) is 6.39. The van der Waals surface area contributed by atoms with Crippen molar-refractivity contribution in [2.75, 3.05) is 20.8 Å². The Labute approximate surface area is 172 Å². The molecule has 0 bridgehead atoms. The molecular weight excluding hydrogens is 392 g/mol. The molecule has 0 atom stereocenters. The number of hydrogen-bond donors (Lipinski definition) is 2. The third kappa shape index (κ3) is 4.52. The lowest BCUT2D eigenvalue weighted by atomic mass is 10.1. The Bertz CT molecular complexity index is 1060. The highest BCUT2D eigenvalue weighted by Crippen LogP contribution is 2.35. The quantitative estimate of drug-likeness (QED) is 0.584. The lowest BCUT2D eigenvalue weighted by Gasteiger charge is -2.06. The standard InChI is InChI=1S/C20H22N4O4S/c1-11-15-19(28-3)23-14(10-27-2)24-20(15)29-16(11)18(26)22-8-7-12-5-4-6-13(9-12)17(21)25/h4-6,9H,7-8,10H2,1-3H3,(H2,21,25)(H,22,26). The molecule has 8 nitrogen and oxygen atoms in total. The van der Waals surface area contributed by atoms with Gasteiger partial charge in [-0.2, -0.15) is 4.98 Å². The van der Waals surface area contributed by atoms with Crippen molar-refractivity contribution >= 4 is 33.4 Å². The number of thiophene rings is 1. The first-order valence-corrected chi connectivity index (χ1v) is 9.76. The van der Waals surface area contributed by atoms with E-state index >= 15 is 0 Å². The van der Waals surface area contributed by atoms with Crippen molar-refractivity contribution in [1.29, 1.82) is 0 Å². The maximum atomic E-state index is 12.7. The molecule has 0 fully saturated rings. The van der Waals surface area contributed by atoms with Gasteiger partial charge < -0.3 is 20.5 Å². The van der Waals surface area contributed by atoms with E-state index in [-0.39, 0.29) is 12.5 Å². The molecule has 3 rings (SSSR count). The highest BCUT2D eigenvalue weighted by Gasteiger charge is 2.21. The predicted molar refractivity (Wildman–Crippen MR) is 110 cm³/mol. The van der Waals surface area contributed by atoms with E-state index in [4.69, 9.17) is 15.2 Å². The molecule has 2 aromatic heterocycles.